The predicted molar refractivity (Wildman–Crippen MR) is 49.4 cm³/mol. The van der Waals surface area contributed by atoms with E-state index in [0.29, 0.717) is 12.6 Å². The highest BCUT2D eigenvalue weighted by Gasteiger charge is 2.30. The zero-order valence-electron chi connectivity index (χ0n) is 7.95. The molecule has 13 heavy (non-hydrogen) atoms. The van der Waals surface area contributed by atoms with E-state index in [4.69, 9.17) is 5.73 Å². The number of amides is 1. The minimum atomic E-state index is -0.239. The van der Waals surface area contributed by atoms with Crippen LogP contribution in [0.5, 0.6) is 0 Å². The van der Waals surface area contributed by atoms with Gasteiger partial charge in [0, 0.05) is 19.1 Å². The highest BCUT2D eigenvalue weighted by molar-refractivity contribution is 5.68. The van der Waals surface area contributed by atoms with Gasteiger partial charge in [0.05, 0.1) is 7.11 Å². The maximum absolute atomic E-state index is 10.9. The molecule has 0 aromatic heterocycles. The summed E-state index contributed by atoms with van der Waals surface area (Å²) in [4.78, 5) is 12.6. The normalized spacial score (nSPS) is 16.9. The van der Waals surface area contributed by atoms with Crippen molar-refractivity contribution in [2.75, 3.05) is 33.3 Å². The Morgan fingerprint density at radius 1 is 1.69 bits per heavy atom. The van der Waals surface area contributed by atoms with Gasteiger partial charge in [-0.1, -0.05) is 0 Å². The van der Waals surface area contributed by atoms with Crippen LogP contribution in [0.25, 0.3) is 0 Å². The fourth-order valence-electron chi connectivity index (χ4n) is 1.29. The van der Waals surface area contributed by atoms with Crippen LogP contribution in [0.2, 0.25) is 0 Å². The zero-order chi connectivity index (χ0) is 9.68. The van der Waals surface area contributed by atoms with Gasteiger partial charge in [-0.15, -0.1) is 0 Å². The molecular weight excluding hydrogens is 170 g/mol. The molecule has 5 nitrogen and oxygen atoms in total. The number of carbonyl (C=O) groups excluding carboxylic acids is 1. The summed E-state index contributed by atoms with van der Waals surface area (Å²) >= 11 is 0. The Labute approximate surface area is 78.2 Å². The Kier molecular flexibility index (Phi) is 3.98. The SMILES string of the molecule is COC(=O)N1CC(NCCCN)C1. The number of nitrogens with two attached hydrogens (primary N) is 1. The van der Waals surface area contributed by atoms with Crippen LogP contribution in [0.1, 0.15) is 6.42 Å². The van der Waals surface area contributed by atoms with E-state index in [-0.39, 0.29) is 6.09 Å². The van der Waals surface area contributed by atoms with Crippen molar-refractivity contribution in [2.45, 2.75) is 12.5 Å². The van der Waals surface area contributed by atoms with E-state index in [1.54, 1.807) is 4.90 Å². The molecular formula is C8H17N3O2. The molecule has 0 bridgehead atoms. The molecule has 1 fully saturated rings. The van der Waals surface area contributed by atoms with Crippen LogP contribution in [-0.4, -0.2) is 50.3 Å². The molecule has 0 spiro atoms. The summed E-state index contributed by atoms with van der Waals surface area (Å²) in [5.74, 6) is 0. The first-order valence-corrected chi connectivity index (χ1v) is 4.54. The fraction of sp³-hybridized carbons (Fsp3) is 0.875. The van der Waals surface area contributed by atoms with Gasteiger partial charge >= 0.3 is 6.09 Å². The van der Waals surface area contributed by atoms with Gasteiger partial charge in [0.25, 0.3) is 0 Å². The number of rotatable bonds is 4. The number of hydrogen-bond acceptors (Lipinski definition) is 4. The van der Waals surface area contributed by atoms with Crippen molar-refractivity contribution in [3.05, 3.63) is 0 Å². The Hall–Kier alpha value is -0.810. The van der Waals surface area contributed by atoms with Gasteiger partial charge in [0.1, 0.15) is 0 Å². The number of nitrogens with one attached hydrogen (secondary N) is 1. The summed E-state index contributed by atoms with van der Waals surface area (Å²) in [5, 5.41) is 3.30. The average Bonchev–Trinajstić information content (AvgIpc) is 2.08. The second kappa shape index (κ2) is 5.04. The third kappa shape index (κ3) is 2.86. The lowest BCUT2D eigenvalue weighted by Crippen LogP contribution is -2.59. The quantitative estimate of drug-likeness (QED) is 0.575. The van der Waals surface area contributed by atoms with Crippen molar-refractivity contribution < 1.29 is 9.53 Å². The van der Waals surface area contributed by atoms with Crippen LogP contribution in [-0.2, 0) is 4.74 Å². The van der Waals surface area contributed by atoms with E-state index in [1.807, 2.05) is 0 Å². The molecule has 0 aromatic rings. The highest BCUT2D eigenvalue weighted by Crippen LogP contribution is 2.08. The summed E-state index contributed by atoms with van der Waals surface area (Å²) < 4.78 is 4.57. The van der Waals surface area contributed by atoms with E-state index in [0.717, 1.165) is 26.1 Å². The Morgan fingerprint density at radius 2 is 2.38 bits per heavy atom. The molecule has 0 saturated carbocycles. The van der Waals surface area contributed by atoms with Gasteiger partial charge < -0.3 is 20.7 Å². The highest BCUT2D eigenvalue weighted by atomic mass is 16.5. The van der Waals surface area contributed by atoms with Crippen LogP contribution in [0.3, 0.4) is 0 Å². The molecule has 3 N–H and O–H groups in total. The van der Waals surface area contributed by atoms with Crippen molar-refractivity contribution in [1.29, 1.82) is 0 Å². The molecule has 0 aliphatic carbocycles. The van der Waals surface area contributed by atoms with Gasteiger partial charge in [-0.2, -0.15) is 0 Å². The van der Waals surface area contributed by atoms with E-state index in [1.165, 1.54) is 7.11 Å². The number of hydrogen-bond donors (Lipinski definition) is 2. The van der Waals surface area contributed by atoms with Gasteiger partial charge in [0.2, 0.25) is 0 Å². The predicted octanol–water partition coefficient (Wildman–Crippen LogP) is -0.625. The van der Waals surface area contributed by atoms with Crippen molar-refractivity contribution >= 4 is 6.09 Å². The van der Waals surface area contributed by atoms with E-state index in [9.17, 15) is 4.79 Å². The number of carbonyl (C=O) groups is 1. The third-order valence-corrected chi connectivity index (χ3v) is 2.13. The molecule has 1 heterocycles. The molecule has 1 aliphatic rings. The first-order chi connectivity index (χ1) is 6.27. The standard InChI is InChI=1S/C8H17N3O2/c1-13-8(12)11-5-7(6-11)10-4-2-3-9/h7,10H,2-6,9H2,1H3. The second-order valence-electron chi connectivity index (χ2n) is 3.17. The Balaban J connectivity index is 2.01. The Morgan fingerprint density at radius 3 is 2.92 bits per heavy atom. The van der Waals surface area contributed by atoms with Crippen LogP contribution >= 0.6 is 0 Å². The molecule has 0 radical (unpaired) electrons. The first kappa shape index (κ1) is 10.3. The first-order valence-electron chi connectivity index (χ1n) is 4.54. The molecule has 1 aliphatic heterocycles. The van der Waals surface area contributed by atoms with Gasteiger partial charge in [-0.25, -0.2) is 4.79 Å². The van der Waals surface area contributed by atoms with Crippen molar-refractivity contribution in [2.24, 2.45) is 5.73 Å². The molecule has 0 aromatic carbocycles. The molecule has 1 amide bonds. The molecule has 0 unspecified atom stereocenters. The number of ether oxygens (including phenoxy) is 1. The maximum atomic E-state index is 10.9. The minimum absolute atomic E-state index is 0.239. The van der Waals surface area contributed by atoms with Crippen molar-refractivity contribution in [3.8, 4) is 0 Å². The maximum Gasteiger partial charge on any atom is 0.409 e. The summed E-state index contributed by atoms with van der Waals surface area (Å²) in [6.45, 7) is 3.13. The van der Waals surface area contributed by atoms with Gasteiger partial charge in [-0.05, 0) is 19.5 Å². The van der Waals surface area contributed by atoms with Crippen LogP contribution < -0.4 is 11.1 Å². The second-order valence-corrected chi connectivity index (χ2v) is 3.17. The zero-order valence-corrected chi connectivity index (χ0v) is 7.95. The van der Waals surface area contributed by atoms with Crippen LogP contribution in [0.15, 0.2) is 0 Å². The molecule has 5 heteroatoms. The summed E-state index contributed by atoms with van der Waals surface area (Å²) in [7, 11) is 1.40. The lowest BCUT2D eigenvalue weighted by atomic mass is 10.1. The molecule has 76 valence electrons. The number of likely N-dealkylation sites (tertiary alicyclic amines) is 1. The minimum Gasteiger partial charge on any atom is -0.453 e. The summed E-state index contributed by atoms with van der Waals surface area (Å²) in [5.41, 5.74) is 5.35. The molecule has 1 rings (SSSR count). The van der Waals surface area contributed by atoms with E-state index in [2.05, 4.69) is 10.1 Å². The van der Waals surface area contributed by atoms with Crippen LogP contribution in [0, 0.1) is 0 Å². The molecule has 0 atom stereocenters. The lowest BCUT2D eigenvalue weighted by molar-refractivity contribution is 0.0804. The Bertz CT molecular complexity index is 169. The largest absolute Gasteiger partial charge is 0.453 e. The monoisotopic (exact) mass is 187 g/mol. The average molecular weight is 187 g/mol. The molecule has 1 saturated heterocycles. The van der Waals surface area contributed by atoms with Crippen molar-refractivity contribution in [3.63, 3.8) is 0 Å². The van der Waals surface area contributed by atoms with Gasteiger partial charge in [-0.3, -0.25) is 0 Å². The summed E-state index contributed by atoms with van der Waals surface area (Å²) in [6, 6.07) is 0.422. The van der Waals surface area contributed by atoms with Crippen molar-refractivity contribution in [1.82, 2.24) is 10.2 Å². The number of methoxy groups -OCH3 is 1. The van der Waals surface area contributed by atoms with Gasteiger partial charge in [0.15, 0.2) is 0 Å². The topological polar surface area (TPSA) is 67.6 Å². The fourth-order valence-corrected chi connectivity index (χ4v) is 1.29. The third-order valence-electron chi connectivity index (χ3n) is 2.13. The van der Waals surface area contributed by atoms with E-state index < -0.39 is 0 Å². The van der Waals surface area contributed by atoms with E-state index >= 15 is 0 Å². The summed E-state index contributed by atoms with van der Waals surface area (Å²) in [6.07, 6.45) is 0.742. The smallest absolute Gasteiger partial charge is 0.409 e. The number of nitrogens with zero attached hydrogens (tertiary/aromatic N) is 1. The lowest BCUT2D eigenvalue weighted by Gasteiger charge is -2.38. The van der Waals surface area contributed by atoms with Crippen LogP contribution in [0.4, 0.5) is 4.79 Å².